The molecule has 8 aromatic rings. The smallest absolute Gasteiger partial charge is 0.0729 e. The van der Waals surface area contributed by atoms with Gasteiger partial charge in [0, 0.05) is 22.5 Å². The molecule has 0 heterocycles. The van der Waals surface area contributed by atoms with E-state index in [9.17, 15) is 0 Å². The highest BCUT2D eigenvalue weighted by atomic mass is 15.1. The van der Waals surface area contributed by atoms with E-state index < -0.39 is 5.41 Å². The molecule has 3 aliphatic carbocycles. The van der Waals surface area contributed by atoms with Gasteiger partial charge in [-0.2, -0.15) is 0 Å². The zero-order valence-electron chi connectivity index (χ0n) is 36.7. The Morgan fingerprint density at radius 2 is 0.852 bits per heavy atom. The summed E-state index contributed by atoms with van der Waals surface area (Å²) in [4.78, 5) is 2.51. The number of hydrogen-bond donors (Lipinski definition) is 0. The van der Waals surface area contributed by atoms with Gasteiger partial charge in [-0.05, 0) is 136 Å². The Morgan fingerprint density at radius 3 is 1.48 bits per heavy atom. The molecule has 298 valence electrons. The molecule has 11 rings (SSSR count). The molecule has 0 fully saturated rings. The average molecular weight is 788 g/mol. The van der Waals surface area contributed by atoms with E-state index in [1.54, 1.807) is 0 Å². The molecule has 1 unspecified atom stereocenters. The van der Waals surface area contributed by atoms with Crippen LogP contribution in [0.15, 0.2) is 176 Å². The minimum Gasteiger partial charge on any atom is -0.310 e. The van der Waals surface area contributed by atoms with Crippen molar-refractivity contribution in [2.45, 2.75) is 77.0 Å². The van der Waals surface area contributed by atoms with E-state index in [1.165, 1.54) is 89.0 Å². The Labute approximate surface area is 362 Å². The summed E-state index contributed by atoms with van der Waals surface area (Å²) in [6.45, 7) is 19.0. The molecule has 0 amide bonds. The van der Waals surface area contributed by atoms with Gasteiger partial charge in [0.25, 0.3) is 0 Å². The van der Waals surface area contributed by atoms with Gasteiger partial charge in [0.05, 0.1) is 5.41 Å². The van der Waals surface area contributed by atoms with Crippen molar-refractivity contribution in [2.75, 3.05) is 4.90 Å². The zero-order valence-corrected chi connectivity index (χ0v) is 36.7. The summed E-state index contributed by atoms with van der Waals surface area (Å²) in [6.07, 6.45) is 0. The monoisotopic (exact) mass is 787 g/mol. The molecule has 1 nitrogen and oxygen atoms in total. The number of rotatable bonds is 4. The third-order valence-electron chi connectivity index (χ3n) is 14.1. The van der Waals surface area contributed by atoms with Gasteiger partial charge in [-0.25, -0.2) is 0 Å². The van der Waals surface area contributed by atoms with Crippen molar-refractivity contribution in [3.8, 4) is 44.5 Å². The van der Waals surface area contributed by atoms with Gasteiger partial charge >= 0.3 is 0 Å². The van der Waals surface area contributed by atoms with Crippen LogP contribution in [0.2, 0.25) is 0 Å². The first-order chi connectivity index (χ1) is 29.3. The maximum atomic E-state index is 2.55. The second kappa shape index (κ2) is 13.0. The Morgan fingerprint density at radius 1 is 0.361 bits per heavy atom. The molecule has 0 bridgehead atoms. The molecule has 3 aliphatic rings. The fourth-order valence-electron chi connectivity index (χ4n) is 11.2. The minimum absolute atomic E-state index is 0.00102. The molecule has 0 N–H and O–H groups in total. The molecule has 1 atom stereocenters. The van der Waals surface area contributed by atoms with Crippen LogP contribution in [-0.2, 0) is 21.7 Å². The predicted octanol–water partition coefficient (Wildman–Crippen LogP) is 16.1. The van der Waals surface area contributed by atoms with Gasteiger partial charge in [0.2, 0.25) is 0 Å². The van der Waals surface area contributed by atoms with Crippen molar-refractivity contribution in [2.24, 2.45) is 0 Å². The van der Waals surface area contributed by atoms with Crippen LogP contribution in [0.5, 0.6) is 0 Å². The first-order valence-corrected chi connectivity index (χ1v) is 22.0. The fraction of sp³-hybridized carbons (Fsp3) is 0.200. The highest BCUT2D eigenvalue weighted by molar-refractivity contribution is 5.98. The normalized spacial score (nSPS) is 16.4. The molecule has 1 heteroatoms. The lowest BCUT2D eigenvalue weighted by atomic mass is 9.65. The Balaban J connectivity index is 1.20. The van der Waals surface area contributed by atoms with Crippen LogP contribution in [0, 0.1) is 0 Å². The van der Waals surface area contributed by atoms with E-state index in [4.69, 9.17) is 0 Å². The molecular weight excluding hydrogens is 735 g/mol. The summed E-state index contributed by atoms with van der Waals surface area (Å²) in [6, 6.07) is 66.9. The third kappa shape index (κ3) is 5.39. The second-order valence-corrected chi connectivity index (χ2v) is 20.2. The molecule has 8 aromatic carbocycles. The highest BCUT2D eigenvalue weighted by Crippen LogP contribution is 2.65. The van der Waals surface area contributed by atoms with Crippen LogP contribution in [-0.4, -0.2) is 0 Å². The van der Waals surface area contributed by atoms with Crippen LogP contribution >= 0.6 is 0 Å². The van der Waals surface area contributed by atoms with E-state index in [0.717, 1.165) is 17.1 Å². The number of benzene rings is 8. The van der Waals surface area contributed by atoms with E-state index in [-0.39, 0.29) is 16.2 Å². The van der Waals surface area contributed by atoms with Crippen LogP contribution in [0.1, 0.15) is 99.9 Å². The summed E-state index contributed by atoms with van der Waals surface area (Å²) < 4.78 is 0. The van der Waals surface area contributed by atoms with Crippen LogP contribution in [0.25, 0.3) is 44.5 Å². The van der Waals surface area contributed by atoms with Gasteiger partial charge in [0.15, 0.2) is 0 Å². The van der Waals surface area contributed by atoms with Gasteiger partial charge in [-0.15, -0.1) is 0 Å². The molecule has 61 heavy (non-hydrogen) atoms. The molecule has 0 aliphatic heterocycles. The van der Waals surface area contributed by atoms with Crippen molar-refractivity contribution in [3.05, 3.63) is 220 Å². The molecule has 1 spiro atoms. The maximum Gasteiger partial charge on any atom is 0.0729 e. The van der Waals surface area contributed by atoms with E-state index in [2.05, 4.69) is 236 Å². The lowest BCUT2D eigenvalue weighted by Gasteiger charge is -2.37. The summed E-state index contributed by atoms with van der Waals surface area (Å²) >= 11 is 0. The van der Waals surface area contributed by atoms with E-state index in [1.807, 2.05) is 0 Å². The summed E-state index contributed by atoms with van der Waals surface area (Å²) in [5, 5.41) is 0. The van der Waals surface area contributed by atoms with Crippen LogP contribution in [0.4, 0.5) is 17.1 Å². The van der Waals surface area contributed by atoms with Crippen LogP contribution < -0.4 is 4.90 Å². The molecular formula is C60H53N. The Bertz CT molecular complexity index is 3080. The van der Waals surface area contributed by atoms with E-state index >= 15 is 0 Å². The lowest BCUT2D eigenvalue weighted by molar-refractivity contribution is 0.558. The van der Waals surface area contributed by atoms with Gasteiger partial charge in [-0.3, -0.25) is 0 Å². The van der Waals surface area contributed by atoms with E-state index in [0.29, 0.717) is 0 Å². The summed E-state index contributed by atoms with van der Waals surface area (Å²) in [5.41, 5.74) is 24.2. The van der Waals surface area contributed by atoms with Gasteiger partial charge in [-0.1, -0.05) is 195 Å². The summed E-state index contributed by atoms with van der Waals surface area (Å²) in [7, 11) is 0. The van der Waals surface area contributed by atoms with Crippen molar-refractivity contribution >= 4 is 17.1 Å². The fourth-order valence-corrected chi connectivity index (χ4v) is 11.2. The third-order valence-corrected chi connectivity index (χ3v) is 14.1. The lowest BCUT2D eigenvalue weighted by Crippen LogP contribution is -2.30. The molecule has 0 radical (unpaired) electrons. The standard InChI is InChI=1S/C60H53N/c1-57(2,3)40-34-49-46-25-14-17-28-52(46)60(56(49)55(35-40)58(4,5)6)51-27-16-13-24-45(51)48-32-30-43(37-54(48)60)61(41-22-18-21-39(33-41)38-19-10-9-11-20-38)42-29-31-47-44-23-12-15-26-50(44)59(7,8)53(47)36-42/h9-37H,1-8H3. The number of hydrogen-bond acceptors (Lipinski definition) is 1. The second-order valence-electron chi connectivity index (χ2n) is 20.2. The van der Waals surface area contributed by atoms with Gasteiger partial charge < -0.3 is 4.90 Å². The van der Waals surface area contributed by atoms with Crippen molar-refractivity contribution in [1.29, 1.82) is 0 Å². The van der Waals surface area contributed by atoms with Crippen molar-refractivity contribution in [1.82, 2.24) is 0 Å². The molecule has 0 saturated carbocycles. The predicted molar refractivity (Wildman–Crippen MR) is 258 cm³/mol. The Hall–Kier alpha value is -6.44. The first kappa shape index (κ1) is 37.6. The molecule has 0 aromatic heterocycles. The van der Waals surface area contributed by atoms with Crippen molar-refractivity contribution < 1.29 is 0 Å². The van der Waals surface area contributed by atoms with Gasteiger partial charge in [0.1, 0.15) is 0 Å². The van der Waals surface area contributed by atoms with Crippen molar-refractivity contribution in [3.63, 3.8) is 0 Å². The molecule has 0 saturated heterocycles. The topological polar surface area (TPSA) is 3.24 Å². The Kier molecular flexibility index (Phi) is 8.02. The van der Waals surface area contributed by atoms with Crippen LogP contribution in [0.3, 0.4) is 0 Å². The minimum atomic E-state index is -0.494. The number of anilines is 3. The number of nitrogens with zero attached hydrogens (tertiary/aromatic N) is 1. The number of fused-ring (bicyclic) bond motifs is 13. The maximum absolute atomic E-state index is 2.55. The zero-order chi connectivity index (χ0) is 42.1. The summed E-state index contributed by atoms with van der Waals surface area (Å²) in [5.74, 6) is 0. The largest absolute Gasteiger partial charge is 0.310 e. The highest BCUT2D eigenvalue weighted by Gasteiger charge is 2.54. The quantitative estimate of drug-likeness (QED) is 0.172. The SMILES string of the molecule is CC(C)(C)c1cc2c(c(C(C)(C)C)c1)C1(c3ccccc3-c3ccc(N(c4cccc(-c5ccccc5)c4)c4ccc5c(c4)C(C)(C)c4ccccc4-5)cc31)c1ccccc1-2. The average Bonchev–Trinajstić information content (AvgIpc) is 3.81. The first-order valence-electron chi connectivity index (χ1n) is 22.0.